The molecule has 0 unspecified atom stereocenters. The molecular formula is C20H26BrNO. The van der Waals surface area contributed by atoms with Gasteiger partial charge in [-0.3, -0.25) is 4.79 Å². The van der Waals surface area contributed by atoms with E-state index in [4.69, 9.17) is 0 Å². The van der Waals surface area contributed by atoms with Crippen LogP contribution in [0.5, 0.6) is 0 Å². The van der Waals surface area contributed by atoms with E-state index in [9.17, 15) is 4.79 Å². The number of allylic oxidation sites excluding steroid dienone is 1. The zero-order valence-electron chi connectivity index (χ0n) is 14.1. The van der Waals surface area contributed by atoms with Gasteiger partial charge in [-0.1, -0.05) is 47.7 Å². The third-order valence-corrected chi connectivity index (χ3v) is 5.50. The highest BCUT2D eigenvalue weighted by Gasteiger charge is 2.29. The Morgan fingerprint density at radius 3 is 2.61 bits per heavy atom. The molecule has 0 spiro atoms. The monoisotopic (exact) mass is 375 g/mol. The number of hydrogen-bond acceptors (Lipinski definition) is 2. The average Bonchev–Trinajstić information content (AvgIpc) is 2.74. The van der Waals surface area contributed by atoms with E-state index < -0.39 is 0 Å². The fourth-order valence-corrected chi connectivity index (χ4v) is 4.27. The van der Waals surface area contributed by atoms with Gasteiger partial charge in [0.2, 0.25) is 0 Å². The summed E-state index contributed by atoms with van der Waals surface area (Å²) < 4.78 is 1.10. The summed E-state index contributed by atoms with van der Waals surface area (Å²) in [6.07, 6.45) is 9.91. The van der Waals surface area contributed by atoms with Crippen LogP contribution in [-0.4, -0.2) is 11.3 Å². The zero-order chi connectivity index (χ0) is 16.4. The van der Waals surface area contributed by atoms with Crippen molar-refractivity contribution in [1.82, 2.24) is 5.32 Å². The molecule has 2 aliphatic rings. The van der Waals surface area contributed by atoms with Gasteiger partial charge in [0.25, 0.3) is 0 Å². The maximum absolute atomic E-state index is 12.8. The van der Waals surface area contributed by atoms with Gasteiger partial charge in [-0.05, 0) is 50.8 Å². The third-order valence-electron chi connectivity index (χ3n) is 5.01. The summed E-state index contributed by atoms with van der Waals surface area (Å²) in [7, 11) is 0. The van der Waals surface area contributed by atoms with Crippen molar-refractivity contribution in [3.63, 3.8) is 0 Å². The summed E-state index contributed by atoms with van der Waals surface area (Å²) in [5.41, 5.74) is 3.46. The van der Waals surface area contributed by atoms with Crippen molar-refractivity contribution >= 4 is 27.4 Å². The van der Waals surface area contributed by atoms with Crippen LogP contribution in [0.3, 0.4) is 0 Å². The smallest absolute Gasteiger partial charge is 0.160 e. The van der Waals surface area contributed by atoms with E-state index in [1.54, 1.807) is 0 Å². The highest BCUT2D eigenvalue weighted by molar-refractivity contribution is 9.10. The molecule has 1 aromatic carbocycles. The fraction of sp³-hybridized carbons (Fsp3) is 0.550. The predicted molar refractivity (Wildman–Crippen MR) is 99.2 cm³/mol. The number of carbonyl (C=O) groups is 1. The SMILES string of the molecule is CC1(C)Cc2cc(Br)ccc2C(=CC(=O)C2CCCCCC2)N1. The highest BCUT2D eigenvalue weighted by atomic mass is 79.9. The van der Waals surface area contributed by atoms with Crippen LogP contribution in [0.4, 0.5) is 0 Å². The molecule has 23 heavy (non-hydrogen) atoms. The first-order valence-corrected chi connectivity index (χ1v) is 9.56. The van der Waals surface area contributed by atoms with Gasteiger partial charge >= 0.3 is 0 Å². The second-order valence-electron chi connectivity index (χ2n) is 7.64. The van der Waals surface area contributed by atoms with Crippen LogP contribution in [-0.2, 0) is 11.2 Å². The molecule has 1 saturated carbocycles. The minimum Gasteiger partial charge on any atom is -0.379 e. The van der Waals surface area contributed by atoms with Crippen LogP contribution in [0, 0.1) is 5.92 Å². The molecule has 0 amide bonds. The van der Waals surface area contributed by atoms with E-state index in [1.165, 1.54) is 36.8 Å². The maximum atomic E-state index is 12.8. The number of halogens is 1. The van der Waals surface area contributed by atoms with Gasteiger partial charge in [0.15, 0.2) is 5.78 Å². The van der Waals surface area contributed by atoms with Gasteiger partial charge in [-0.2, -0.15) is 0 Å². The van der Waals surface area contributed by atoms with Crippen molar-refractivity contribution < 1.29 is 4.79 Å². The number of carbonyl (C=O) groups excluding carboxylic acids is 1. The second kappa shape index (κ2) is 6.80. The number of rotatable bonds is 2. The second-order valence-corrected chi connectivity index (χ2v) is 8.55. The Balaban J connectivity index is 1.90. The largest absolute Gasteiger partial charge is 0.379 e. The van der Waals surface area contributed by atoms with Crippen molar-refractivity contribution in [1.29, 1.82) is 0 Å². The first kappa shape index (κ1) is 16.8. The van der Waals surface area contributed by atoms with Gasteiger partial charge in [-0.25, -0.2) is 0 Å². The molecule has 1 aliphatic heterocycles. The Bertz CT molecular complexity index is 625. The molecule has 1 N–H and O–H groups in total. The van der Waals surface area contributed by atoms with Crippen molar-refractivity contribution in [3.05, 3.63) is 39.9 Å². The Morgan fingerprint density at radius 1 is 1.22 bits per heavy atom. The van der Waals surface area contributed by atoms with Crippen LogP contribution < -0.4 is 5.32 Å². The van der Waals surface area contributed by atoms with Crippen molar-refractivity contribution in [3.8, 4) is 0 Å². The summed E-state index contributed by atoms with van der Waals surface area (Å²) in [6.45, 7) is 4.39. The summed E-state index contributed by atoms with van der Waals surface area (Å²) in [5, 5.41) is 3.58. The third kappa shape index (κ3) is 4.06. The summed E-state index contributed by atoms with van der Waals surface area (Å²) >= 11 is 3.56. The van der Waals surface area contributed by atoms with Crippen LogP contribution in [0.25, 0.3) is 5.70 Å². The number of hydrogen-bond donors (Lipinski definition) is 1. The van der Waals surface area contributed by atoms with Crippen molar-refractivity contribution in [2.45, 2.75) is 64.3 Å². The molecule has 124 valence electrons. The van der Waals surface area contributed by atoms with Crippen LogP contribution in [0.15, 0.2) is 28.7 Å². The number of ketones is 1. The lowest BCUT2D eigenvalue weighted by molar-refractivity contribution is -0.118. The Kier molecular flexibility index (Phi) is 4.96. The zero-order valence-corrected chi connectivity index (χ0v) is 15.7. The molecule has 1 aliphatic carbocycles. The summed E-state index contributed by atoms with van der Waals surface area (Å²) in [6, 6.07) is 6.36. The number of nitrogens with one attached hydrogen (secondary N) is 1. The lowest BCUT2D eigenvalue weighted by Crippen LogP contribution is -2.44. The standard InChI is InChI=1S/C20H26BrNO/c1-20(2)13-15-11-16(21)9-10-17(15)18(22-20)12-19(23)14-7-5-3-4-6-8-14/h9-12,14,22H,3-8,13H2,1-2H3. The molecule has 0 bridgehead atoms. The van der Waals surface area contributed by atoms with Gasteiger partial charge in [0.1, 0.15) is 0 Å². The summed E-state index contributed by atoms with van der Waals surface area (Å²) in [5.74, 6) is 0.525. The first-order valence-electron chi connectivity index (χ1n) is 8.77. The van der Waals surface area contributed by atoms with E-state index in [2.05, 4.69) is 53.3 Å². The summed E-state index contributed by atoms with van der Waals surface area (Å²) in [4.78, 5) is 12.8. The minimum atomic E-state index is -0.0244. The minimum absolute atomic E-state index is 0.0244. The lowest BCUT2D eigenvalue weighted by atomic mass is 9.85. The Morgan fingerprint density at radius 2 is 1.91 bits per heavy atom. The molecule has 0 aromatic heterocycles. The van der Waals surface area contributed by atoms with Gasteiger partial charge in [0.05, 0.1) is 0 Å². The molecule has 3 rings (SSSR count). The van der Waals surface area contributed by atoms with Gasteiger partial charge < -0.3 is 5.32 Å². The van der Waals surface area contributed by atoms with E-state index in [1.807, 2.05) is 6.08 Å². The van der Waals surface area contributed by atoms with Gasteiger partial charge in [0, 0.05) is 33.3 Å². The van der Waals surface area contributed by atoms with E-state index in [-0.39, 0.29) is 11.5 Å². The van der Waals surface area contributed by atoms with E-state index in [0.717, 1.165) is 29.4 Å². The predicted octanol–water partition coefficient (Wildman–Crippen LogP) is 5.25. The molecular weight excluding hydrogens is 350 g/mol. The highest BCUT2D eigenvalue weighted by Crippen LogP contribution is 2.32. The lowest BCUT2D eigenvalue weighted by Gasteiger charge is -2.36. The van der Waals surface area contributed by atoms with E-state index >= 15 is 0 Å². The molecule has 2 nitrogen and oxygen atoms in total. The Hall–Kier alpha value is -1.09. The first-order chi connectivity index (χ1) is 10.9. The van der Waals surface area contributed by atoms with Crippen molar-refractivity contribution in [2.24, 2.45) is 5.92 Å². The van der Waals surface area contributed by atoms with Crippen LogP contribution >= 0.6 is 15.9 Å². The normalized spacial score (nSPS) is 23.0. The molecule has 0 atom stereocenters. The Labute approximate surface area is 147 Å². The molecule has 1 aromatic rings. The molecule has 0 saturated heterocycles. The molecule has 0 radical (unpaired) electrons. The van der Waals surface area contributed by atoms with Crippen molar-refractivity contribution in [2.75, 3.05) is 0 Å². The maximum Gasteiger partial charge on any atom is 0.160 e. The topological polar surface area (TPSA) is 29.1 Å². The molecule has 3 heteroatoms. The fourth-order valence-electron chi connectivity index (χ4n) is 3.86. The van der Waals surface area contributed by atoms with Crippen LogP contribution in [0.2, 0.25) is 0 Å². The van der Waals surface area contributed by atoms with E-state index in [0.29, 0.717) is 5.78 Å². The number of benzene rings is 1. The number of fused-ring (bicyclic) bond motifs is 1. The molecule has 1 heterocycles. The molecule has 1 fully saturated rings. The quantitative estimate of drug-likeness (QED) is 0.564. The van der Waals surface area contributed by atoms with Gasteiger partial charge in [-0.15, -0.1) is 0 Å². The average molecular weight is 376 g/mol. The van der Waals surface area contributed by atoms with Crippen LogP contribution in [0.1, 0.15) is 63.5 Å².